The topological polar surface area (TPSA) is 120 Å². The summed E-state index contributed by atoms with van der Waals surface area (Å²) in [5.41, 5.74) is 2.54. The van der Waals surface area contributed by atoms with Crippen LogP contribution in [0.1, 0.15) is 24.6 Å². The fourth-order valence-electron chi connectivity index (χ4n) is 5.23. The maximum Gasteiger partial charge on any atom is 0.223 e. The number of carbonyl (C=O) groups is 2. The summed E-state index contributed by atoms with van der Waals surface area (Å²) in [5.74, 6) is 1.66. The molecule has 11 nitrogen and oxygen atoms in total. The Balaban J connectivity index is 1.21. The summed E-state index contributed by atoms with van der Waals surface area (Å²) in [7, 11) is 0. The number of H-pyrrole nitrogens is 1. The lowest BCUT2D eigenvalue weighted by Crippen LogP contribution is -2.48. The van der Waals surface area contributed by atoms with Crippen molar-refractivity contribution in [2.45, 2.75) is 26.3 Å². The van der Waals surface area contributed by atoms with E-state index in [4.69, 9.17) is 14.7 Å². The van der Waals surface area contributed by atoms with Crippen LogP contribution >= 0.6 is 11.3 Å². The molecule has 0 aromatic carbocycles. The van der Waals surface area contributed by atoms with Crippen molar-refractivity contribution in [3.05, 3.63) is 41.6 Å². The summed E-state index contributed by atoms with van der Waals surface area (Å²) in [6.45, 7) is 8.46. The van der Waals surface area contributed by atoms with Crippen LogP contribution in [0.2, 0.25) is 0 Å². The predicted molar refractivity (Wildman–Crippen MR) is 154 cm³/mol. The summed E-state index contributed by atoms with van der Waals surface area (Å²) >= 11 is 1.74. The molecule has 208 valence electrons. The third-order valence-electron chi connectivity index (χ3n) is 7.35. The number of fused-ring (bicyclic) bond motifs is 2. The van der Waals surface area contributed by atoms with Crippen LogP contribution in [0.3, 0.4) is 0 Å². The van der Waals surface area contributed by atoms with Gasteiger partial charge in [0.1, 0.15) is 0 Å². The molecule has 6 heterocycles. The zero-order valence-electron chi connectivity index (χ0n) is 22.5. The van der Waals surface area contributed by atoms with E-state index < -0.39 is 0 Å². The molecule has 1 amide bonds. The third kappa shape index (κ3) is 5.60. The molecule has 12 heteroatoms. The first-order chi connectivity index (χ1) is 19.6. The largest absolute Gasteiger partial charge is 0.378 e. The second-order valence-electron chi connectivity index (χ2n) is 10.0. The highest BCUT2D eigenvalue weighted by molar-refractivity contribution is 7.19. The minimum atomic E-state index is 0.0000627. The minimum Gasteiger partial charge on any atom is -0.378 e. The van der Waals surface area contributed by atoms with Crippen LogP contribution in [-0.2, 0) is 20.9 Å². The van der Waals surface area contributed by atoms with Crippen molar-refractivity contribution >= 4 is 50.1 Å². The average Bonchev–Trinajstić information content (AvgIpc) is 3.63. The number of carbonyl (C=O) groups excluding carboxylic acids is 2. The molecule has 40 heavy (non-hydrogen) atoms. The number of hydrogen-bond acceptors (Lipinski definition) is 10. The minimum absolute atomic E-state index is 0.0000627. The molecule has 0 aliphatic carbocycles. The second kappa shape index (κ2) is 11.8. The molecule has 2 saturated heterocycles. The predicted octanol–water partition coefficient (Wildman–Crippen LogP) is 3.04. The molecule has 0 bridgehead atoms. The number of thiophene rings is 1. The Morgan fingerprint density at radius 2 is 1.93 bits per heavy atom. The van der Waals surface area contributed by atoms with Crippen LogP contribution in [0.5, 0.6) is 0 Å². The Kier molecular flexibility index (Phi) is 7.80. The van der Waals surface area contributed by atoms with Gasteiger partial charge in [-0.15, -0.1) is 11.3 Å². The standard InChI is InChI=1S/C28H32N8O3S/c1-2-3-19(37)4-5-24(38)35-10-8-34(9-11-35)18-20-16-23-25(40-20)28(36-12-14-39-15-13-36)32-27(31-23)21-6-7-29-26-22(21)17-30-33-26/h2-3,6-7,16-17H,4-5,8-15,18H2,1H3,(H,29,30,33). The fraction of sp³-hybridized carbons (Fsp3) is 0.429. The molecule has 2 fully saturated rings. The van der Waals surface area contributed by atoms with Gasteiger partial charge in [0, 0.05) is 80.7 Å². The quantitative estimate of drug-likeness (QED) is 0.324. The highest BCUT2D eigenvalue weighted by Crippen LogP contribution is 2.36. The van der Waals surface area contributed by atoms with Gasteiger partial charge in [0.15, 0.2) is 23.1 Å². The van der Waals surface area contributed by atoms with Crippen molar-refractivity contribution in [1.82, 2.24) is 34.9 Å². The molecule has 0 radical (unpaired) electrons. The lowest BCUT2D eigenvalue weighted by atomic mass is 10.1. The lowest BCUT2D eigenvalue weighted by molar-refractivity contribution is -0.134. The van der Waals surface area contributed by atoms with E-state index in [-0.39, 0.29) is 24.5 Å². The van der Waals surface area contributed by atoms with E-state index in [9.17, 15) is 9.59 Å². The summed E-state index contributed by atoms with van der Waals surface area (Å²) in [4.78, 5) is 46.5. The van der Waals surface area contributed by atoms with E-state index >= 15 is 0 Å². The van der Waals surface area contributed by atoms with Gasteiger partial charge in [-0.2, -0.15) is 5.10 Å². The first-order valence-electron chi connectivity index (χ1n) is 13.7. The van der Waals surface area contributed by atoms with Crippen LogP contribution in [-0.4, -0.2) is 99.1 Å². The van der Waals surface area contributed by atoms with Gasteiger partial charge in [-0.05, 0) is 25.1 Å². The molecule has 6 rings (SSSR count). The molecular formula is C28H32N8O3S. The number of pyridine rings is 1. The van der Waals surface area contributed by atoms with Gasteiger partial charge in [-0.3, -0.25) is 19.6 Å². The number of rotatable bonds is 8. The zero-order valence-corrected chi connectivity index (χ0v) is 23.3. The van der Waals surface area contributed by atoms with E-state index in [2.05, 4.69) is 31.0 Å². The third-order valence-corrected chi connectivity index (χ3v) is 8.46. The number of amides is 1. The monoisotopic (exact) mass is 560 g/mol. The van der Waals surface area contributed by atoms with Crippen LogP contribution in [0, 0.1) is 0 Å². The second-order valence-corrected chi connectivity index (χ2v) is 11.1. The Morgan fingerprint density at radius 1 is 1.10 bits per heavy atom. The molecule has 2 aliphatic heterocycles. The highest BCUT2D eigenvalue weighted by Gasteiger charge is 2.24. The van der Waals surface area contributed by atoms with Crippen LogP contribution in [0.25, 0.3) is 32.6 Å². The van der Waals surface area contributed by atoms with E-state index in [1.54, 1.807) is 29.8 Å². The first-order valence-corrected chi connectivity index (χ1v) is 14.5. The Labute approximate surface area is 235 Å². The number of ketones is 1. The maximum atomic E-state index is 12.6. The summed E-state index contributed by atoms with van der Waals surface area (Å²) in [6, 6.07) is 4.11. The number of nitrogens with zero attached hydrogens (tertiary/aromatic N) is 7. The Bertz CT molecular complexity index is 1550. The normalized spacial score (nSPS) is 16.9. The van der Waals surface area contributed by atoms with Crippen LogP contribution in [0.15, 0.2) is 36.7 Å². The Hall–Kier alpha value is -3.74. The molecule has 0 saturated carbocycles. The number of piperazine rings is 1. The van der Waals surface area contributed by atoms with E-state index in [0.29, 0.717) is 37.8 Å². The van der Waals surface area contributed by atoms with Crippen molar-refractivity contribution in [3.63, 3.8) is 0 Å². The lowest BCUT2D eigenvalue weighted by Gasteiger charge is -2.34. The molecule has 4 aromatic rings. The van der Waals surface area contributed by atoms with Gasteiger partial charge in [0.2, 0.25) is 5.91 Å². The van der Waals surface area contributed by atoms with Gasteiger partial charge < -0.3 is 14.5 Å². The first kappa shape index (κ1) is 26.5. The van der Waals surface area contributed by atoms with Crippen molar-refractivity contribution in [2.75, 3.05) is 57.4 Å². The maximum absolute atomic E-state index is 12.6. The summed E-state index contributed by atoms with van der Waals surface area (Å²) in [5, 5.41) is 7.98. The van der Waals surface area contributed by atoms with Crippen molar-refractivity contribution < 1.29 is 14.3 Å². The molecule has 1 N–H and O–H groups in total. The van der Waals surface area contributed by atoms with Gasteiger partial charge in [0.25, 0.3) is 0 Å². The van der Waals surface area contributed by atoms with E-state index in [1.165, 1.54) is 11.0 Å². The zero-order chi connectivity index (χ0) is 27.5. The number of ether oxygens (including phenoxy) is 1. The van der Waals surface area contributed by atoms with Crippen molar-refractivity contribution in [1.29, 1.82) is 0 Å². The molecule has 0 unspecified atom stereocenters. The van der Waals surface area contributed by atoms with Crippen molar-refractivity contribution in [3.8, 4) is 11.4 Å². The molecule has 0 atom stereocenters. The highest BCUT2D eigenvalue weighted by atomic mass is 32.1. The summed E-state index contributed by atoms with van der Waals surface area (Å²) < 4.78 is 6.69. The fourth-order valence-corrected chi connectivity index (χ4v) is 6.39. The van der Waals surface area contributed by atoms with Gasteiger partial charge in [-0.25, -0.2) is 15.0 Å². The van der Waals surface area contributed by atoms with Gasteiger partial charge in [0.05, 0.1) is 29.6 Å². The van der Waals surface area contributed by atoms with Gasteiger partial charge >= 0.3 is 0 Å². The summed E-state index contributed by atoms with van der Waals surface area (Å²) in [6.07, 6.45) is 7.31. The Morgan fingerprint density at radius 3 is 2.73 bits per heavy atom. The number of allylic oxidation sites excluding steroid dienone is 2. The number of morpholine rings is 1. The smallest absolute Gasteiger partial charge is 0.223 e. The average molecular weight is 561 g/mol. The van der Waals surface area contributed by atoms with Crippen LogP contribution in [0.4, 0.5) is 5.82 Å². The number of aromatic nitrogens is 5. The number of hydrogen-bond donors (Lipinski definition) is 1. The molecule has 4 aromatic heterocycles. The van der Waals surface area contributed by atoms with E-state index in [0.717, 1.165) is 59.7 Å². The van der Waals surface area contributed by atoms with E-state index in [1.807, 2.05) is 17.9 Å². The number of nitrogens with one attached hydrogen (secondary N) is 1. The molecule has 2 aliphatic rings. The van der Waals surface area contributed by atoms with Crippen LogP contribution < -0.4 is 4.90 Å². The van der Waals surface area contributed by atoms with Crippen molar-refractivity contribution in [2.24, 2.45) is 0 Å². The number of aromatic amines is 1. The SMILES string of the molecule is CC=CC(=O)CCC(=O)N1CCN(Cc2cc3nc(-c4ccnc5[nH]ncc45)nc(N4CCOCC4)c3s2)CC1. The molecular weight excluding hydrogens is 528 g/mol. The number of anilines is 1. The van der Waals surface area contributed by atoms with Gasteiger partial charge in [-0.1, -0.05) is 6.08 Å². The molecule has 0 spiro atoms.